The fourth-order valence-corrected chi connectivity index (χ4v) is 4.79. The van der Waals surface area contributed by atoms with E-state index in [9.17, 15) is 0 Å². The van der Waals surface area contributed by atoms with Gasteiger partial charge in [-0.05, 0) is 49.1 Å². The van der Waals surface area contributed by atoms with Crippen LogP contribution < -0.4 is 10.6 Å². The monoisotopic (exact) mass is 572 g/mol. The lowest BCUT2D eigenvalue weighted by atomic mass is 9.91. The van der Waals surface area contributed by atoms with Gasteiger partial charge in [-0.1, -0.05) is 38.1 Å². The quantitative estimate of drug-likeness (QED) is 0.180. The van der Waals surface area contributed by atoms with Gasteiger partial charge in [0.2, 0.25) is 0 Å². The molecule has 6 nitrogen and oxygen atoms in total. The Morgan fingerprint density at radius 1 is 1.12 bits per heavy atom. The molecule has 3 atom stereocenters. The third-order valence-electron chi connectivity index (χ3n) is 6.27. The van der Waals surface area contributed by atoms with Gasteiger partial charge in [0.25, 0.3) is 0 Å². The van der Waals surface area contributed by atoms with Gasteiger partial charge in [0.05, 0.1) is 19.8 Å². The van der Waals surface area contributed by atoms with Crippen LogP contribution in [-0.2, 0) is 22.6 Å². The highest BCUT2D eigenvalue weighted by Crippen LogP contribution is 2.22. The number of likely N-dealkylation sites (tertiary alicyclic amines) is 1. The van der Waals surface area contributed by atoms with Gasteiger partial charge in [-0.15, -0.1) is 24.0 Å². The molecule has 0 amide bonds. The molecule has 0 aliphatic carbocycles. The molecule has 3 rings (SSSR count). The van der Waals surface area contributed by atoms with E-state index in [0.717, 1.165) is 76.7 Å². The van der Waals surface area contributed by atoms with Gasteiger partial charge >= 0.3 is 0 Å². The van der Waals surface area contributed by atoms with Crippen LogP contribution in [0, 0.1) is 17.8 Å². The van der Waals surface area contributed by atoms with Crippen molar-refractivity contribution in [2.45, 2.75) is 53.1 Å². The fraction of sp³-hybridized carbons (Fsp3) is 0.731. The highest BCUT2D eigenvalue weighted by Gasteiger charge is 2.21. The van der Waals surface area contributed by atoms with E-state index in [0.29, 0.717) is 12.5 Å². The fourth-order valence-electron chi connectivity index (χ4n) is 4.79. The average Bonchev–Trinajstić information content (AvgIpc) is 3.28. The minimum atomic E-state index is 0. The first-order chi connectivity index (χ1) is 15.6. The number of guanidine groups is 1. The standard InChI is InChI=1S/C26H44N4O2.HI/c1-4-27-26(28-11-5-12-31-19-25-10-13-32-20-25)29-15-23-6-8-24(9-7-23)18-30-16-21(2)14-22(3)17-30;/h6-9,21-22,25H,4-5,10-20H2,1-3H3,(H2,27,28,29);1H. The van der Waals surface area contributed by atoms with Crippen molar-refractivity contribution < 1.29 is 9.47 Å². The summed E-state index contributed by atoms with van der Waals surface area (Å²) in [6.07, 6.45) is 3.46. The predicted octanol–water partition coefficient (Wildman–Crippen LogP) is 4.28. The van der Waals surface area contributed by atoms with Crippen molar-refractivity contribution in [3.05, 3.63) is 35.4 Å². The van der Waals surface area contributed by atoms with Crippen molar-refractivity contribution in [3.63, 3.8) is 0 Å². The first-order valence-electron chi connectivity index (χ1n) is 12.6. The molecule has 0 radical (unpaired) electrons. The number of hydrogen-bond donors (Lipinski definition) is 2. The predicted molar refractivity (Wildman–Crippen MR) is 147 cm³/mol. The topological polar surface area (TPSA) is 58.1 Å². The van der Waals surface area contributed by atoms with E-state index in [2.05, 4.69) is 60.6 Å². The largest absolute Gasteiger partial charge is 0.381 e. The summed E-state index contributed by atoms with van der Waals surface area (Å²) in [5.41, 5.74) is 2.64. The van der Waals surface area contributed by atoms with Crippen LogP contribution in [0.25, 0.3) is 0 Å². The molecule has 2 N–H and O–H groups in total. The lowest BCUT2D eigenvalue weighted by molar-refractivity contribution is 0.0888. The van der Waals surface area contributed by atoms with Crippen LogP contribution in [0.1, 0.15) is 51.2 Å². The van der Waals surface area contributed by atoms with Gasteiger partial charge in [0.15, 0.2) is 5.96 Å². The summed E-state index contributed by atoms with van der Waals surface area (Å²) in [7, 11) is 0. The number of ether oxygens (including phenoxy) is 2. The number of nitrogens with one attached hydrogen (secondary N) is 2. The molecular weight excluding hydrogens is 527 g/mol. The van der Waals surface area contributed by atoms with E-state index in [4.69, 9.17) is 14.5 Å². The van der Waals surface area contributed by atoms with Crippen LogP contribution in [0.2, 0.25) is 0 Å². The summed E-state index contributed by atoms with van der Waals surface area (Å²) >= 11 is 0. The number of halogens is 1. The molecule has 7 heteroatoms. The normalized spacial score (nSPS) is 23.8. The summed E-state index contributed by atoms with van der Waals surface area (Å²) in [4.78, 5) is 7.36. The Kier molecular flexibility index (Phi) is 13.7. The Morgan fingerprint density at radius 3 is 2.52 bits per heavy atom. The highest BCUT2D eigenvalue weighted by molar-refractivity contribution is 14.0. The number of benzene rings is 1. The van der Waals surface area contributed by atoms with E-state index in [1.165, 1.54) is 30.6 Å². The van der Waals surface area contributed by atoms with E-state index in [1.54, 1.807) is 0 Å². The van der Waals surface area contributed by atoms with Crippen molar-refractivity contribution >= 4 is 29.9 Å². The van der Waals surface area contributed by atoms with Crippen LogP contribution >= 0.6 is 24.0 Å². The summed E-state index contributed by atoms with van der Waals surface area (Å²) in [5.74, 6) is 3.06. The molecule has 2 fully saturated rings. The summed E-state index contributed by atoms with van der Waals surface area (Å²) in [6.45, 7) is 16.1. The minimum Gasteiger partial charge on any atom is -0.381 e. The molecule has 0 aromatic heterocycles. The molecule has 2 heterocycles. The summed E-state index contributed by atoms with van der Waals surface area (Å²) in [6, 6.07) is 8.98. The van der Waals surface area contributed by atoms with Crippen molar-refractivity contribution in [1.82, 2.24) is 15.5 Å². The molecule has 188 valence electrons. The Hall–Kier alpha value is -0.900. The second-order valence-electron chi connectivity index (χ2n) is 9.74. The van der Waals surface area contributed by atoms with Gasteiger partial charge in [-0.2, -0.15) is 0 Å². The molecule has 3 unspecified atom stereocenters. The van der Waals surface area contributed by atoms with E-state index in [-0.39, 0.29) is 24.0 Å². The zero-order chi connectivity index (χ0) is 22.6. The minimum absolute atomic E-state index is 0. The third kappa shape index (κ3) is 10.9. The van der Waals surface area contributed by atoms with Crippen LogP contribution in [0.3, 0.4) is 0 Å². The van der Waals surface area contributed by atoms with Gasteiger partial charge in [-0.3, -0.25) is 4.90 Å². The summed E-state index contributed by atoms with van der Waals surface area (Å²) < 4.78 is 11.2. The van der Waals surface area contributed by atoms with Gasteiger partial charge < -0.3 is 20.1 Å². The van der Waals surface area contributed by atoms with E-state index in [1.807, 2.05) is 0 Å². The first kappa shape index (κ1) is 28.3. The molecule has 2 saturated heterocycles. The highest BCUT2D eigenvalue weighted by atomic mass is 127. The van der Waals surface area contributed by atoms with E-state index < -0.39 is 0 Å². The first-order valence-corrected chi connectivity index (χ1v) is 12.6. The van der Waals surface area contributed by atoms with Crippen LogP contribution in [-0.4, -0.2) is 63.5 Å². The lowest BCUT2D eigenvalue weighted by Crippen LogP contribution is -2.38. The number of hydrogen-bond acceptors (Lipinski definition) is 4. The molecule has 2 aliphatic rings. The second kappa shape index (κ2) is 15.9. The van der Waals surface area contributed by atoms with Crippen molar-refractivity contribution in [1.29, 1.82) is 0 Å². The Labute approximate surface area is 218 Å². The zero-order valence-electron chi connectivity index (χ0n) is 20.9. The Bertz CT molecular complexity index is 669. The second-order valence-corrected chi connectivity index (χ2v) is 9.74. The molecular formula is C26H45IN4O2. The average molecular weight is 573 g/mol. The molecule has 1 aromatic carbocycles. The van der Waals surface area contributed by atoms with Gasteiger partial charge in [0, 0.05) is 51.9 Å². The van der Waals surface area contributed by atoms with Crippen LogP contribution in [0.5, 0.6) is 0 Å². The van der Waals surface area contributed by atoms with E-state index >= 15 is 0 Å². The maximum Gasteiger partial charge on any atom is 0.191 e. The van der Waals surface area contributed by atoms with Crippen LogP contribution in [0.15, 0.2) is 29.3 Å². The number of nitrogens with zero attached hydrogens (tertiary/aromatic N) is 2. The molecule has 2 aliphatic heterocycles. The molecule has 33 heavy (non-hydrogen) atoms. The SMILES string of the molecule is CCNC(=NCc1ccc(CN2CC(C)CC(C)C2)cc1)NCCCOCC1CCOC1.I. The number of aliphatic imine (C=N–C) groups is 1. The Morgan fingerprint density at radius 2 is 1.85 bits per heavy atom. The van der Waals surface area contributed by atoms with Gasteiger partial charge in [0.1, 0.15) is 0 Å². The molecule has 0 spiro atoms. The summed E-state index contributed by atoms with van der Waals surface area (Å²) in [5, 5.41) is 6.76. The zero-order valence-corrected chi connectivity index (χ0v) is 23.2. The lowest BCUT2D eigenvalue weighted by Gasteiger charge is -2.35. The maximum atomic E-state index is 5.78. The number of rotatable bonds is 11. The molecule has 0 saturated carbocycles. The number of piperidine rings is 1. The van der Waals surface area contributed by atoms with Crippen molar-refractivity contribution in [2.75, 3.05) is 52.6 Å². The third-order valence-corrected chi connectivity index (χ3v) is 6.27. The van der Waals surface area contributed by atoms with Gasteiger partial charge in [-0.25, -0.2) is 4.99 Å². The smallest absolute Gasteiger partial charge is 0.191 e. The molecule has 1 aromatic rings. The maximum absolute atomic E-state index is 5.78. The Balaban J connectivity index is 0.00000385. The van der Waals surface area contributed by atoms with Crippen molar-refractivity contribution in [2.24, 2.45) is 22.7 Å². The van der Waals surface area contributed by atoms with Crippen LogP contribution in [0.4, 0.5) is 0 Å². The van der Waals surface area contributed by atoms with Crippen molar-refractivity contribution in [3.8, 4) is 0 Å². The molecule has 0 bridgehead atoms.